The number of phenols is 1. The molecule has 0 aromatic heterocycles. The predicted molar refractivity (Wildman–Crippen MR) is 57.9 cm³/mol. The summed E-state index contributed by atoms with van der Waals surface area (Å²) in [6, 6.07) is 6.57. The lowest BCUT2D eigenvalue weighted by molar-refractivity contribution is 0.240. The summed E-state index contributed by atoms with van der Waals surface area (Å²) in [5.74, 6) is 0.194. The first-order valence-electron chi connectivity index (χ1n) is 5.10. The zero-order valence-electron chi connectivity index (χ0n) is 8.36. The van der Waals surface area contributed by atoms with Gasteiger partial charge in [-0.25, -0.2) is 4.79 Å². The summed E-state index contributed by atoms with van der Waals surface area (Å²) >= 11 is 0. The molecule has 0 saturated heterocycles. The fraction of sp³-hybridized carbons (Fsp3) is 0.364. The minimum Gasteiger partial charge on any atom is -0.508 e. The molecular formula is C11H14N2O2. The summed E-state index contributed by atoms with van der Waals surface area (Å²) in [6.45, 7) is 0. The molecule has 0 unspecified atom stereocenters. The number of carbonyl (C=O) groups excluding carboxylic acids is 1. The van der Waals surface area contributed by atoms with Gasteiger partial charge in [0.25, 0.3) is 0 Å². The monoisotopic (exact) mass is 206 g/mol. The smallest absolute Gasteiger partial charge is 0.319 e. The first kappa shape index (κ1) is 9.83. The van der Waals surface area contributed by atoms with Crippen molar-refractivity contribution in [2.24, 2.45) is 0 Å². The largest absolute Gasteiger partial charge is 0.508 e. The van der Waals surface area contributed by atoms with Crippen molar-refractivity contribution >= 4 is 11.7 Å². The number of carbonyl (C=O) groups is 1. The van der Waals surface area contributed by atoms with Crippen LogP contribution in [-0.2, 0) is 0 Å². The summed E-state index contributed by atoms with van der Waals surface area (Å²) < 4.78 is 0. The number of hydrogen-bond donors (Lipinski definition) is 3. The minimum absolute atomic E-state index is 0.176. The van der Waals surface area contributed by atoms with Gasteiger partial charge in [0.15, 0.2) is 0 Å². The third-order valence-corrected chi connectivity index (χ3v) is 2.57. The van der Waals surface area contributed by atoms with E-state index >= 15 is 0 Å². The summed E-state index contributed by atoms with van der Waals surface area (Å²) in [4.78, 5) is 11.4. The van der Waals surface area contributed by atoms with Gasteiger partial charge in [-0.3, -0.25) is 0 Å². The van der Waals surface area contributed by atoms with Crippen LogP contribution in [0.15, 0.2) is 24.3 Å². The molecule has 1 aromatic carbocycles. The Bertz CT molecular complexity index is 344. The van der Waals surface area contributed by atoms with Gasteiger partial charge < -0.3 is 15.7 Å². The zero-order chi connectivity index (χ0) is 10.7. The molecule has 1 aliphatic rings. The van der Waals surface area contributed by atoms with E-state index in [1.807, 2.05) is 0 Å². The van der Waals surface area contributed by atoms with Crippen LogP contribution in [0.4, 0.5) is 10.5 Å². The lowest BCUT2D eigenvalue weighted by atomic mass is 9.93. The van der Waals surface area contributed by atoms with E-state index in [0.717, 1.165) is 12.8 Å². The Morgan fingerprint density at radius 3 is 2.47 bits per heavy atom. The maximum absolute atomic E-state index is 11.4. The number of phenolic OH excluding ortho intramolecular Hbond substituents is 1. The number of urea groups is 1. The molecule has 2 rings (SSSR count). The molecule has 15 heavy (non-hydrogen) atoms. The number of amides is 2. The van der Waals surface area contributed by atoms with Gasteiger partial charge in [-0.15, -0.1) is 0 Å². The number of aromatic hydroxyl groups is 1. The average Bonchev–Trinajstić information content (AvgIpc) is 2.16. The molecule has 0 bridgehead atoms. The van der Waals surface area contributed by atoms with Crippen LogP contribution in [0.25, 0.3) is 0 Å². The van der Waals surface area contributed by atoms with Crippen LogP contribution < -0.4 is 10.6 Å². The van der Waals surface area contributed by atoms with Gasteiger partial charge >= 0.3 is 6.03 Å². The third-order valence-electron chi connectivity index (χ3n) is 2.57. The molecule has 4 heteroatoms. The number of nitrogens with one attached hydrogen (secondary N) is 2. The fourth-order valence-corrected chi connectivity index (χ4v) is 1.45. The summed E-state index contributed by atoms with van der Waals surface area (Å²) in [6.07, 6.45) is 3.34. The Morgan fingerprint density at radius 2 is 1.93 bits per heavy atom. The van der Waals surface area contributed by atoms with E-state index < -0.39 is 0 Å². The van der Waals surface area contributed by atoms with Crippen LogP contribution in [0, 0.1) is 0 Å². The topological polar surface area (TPSA) is 61.4 Å². The fourth-order valence-electron chi connectivity index (χ4n) is 1.45. The molecule has 0 heterocycles. The maximum atomic E-state index is 11.4. The molecule has 4 nitrogen and oxygen atoms in total. The Labute approximate surface area is 88.3 Å². The lowest BCUT2D eigenvalue weighted by Gasteiger charge is -2.26. The maximum Gasteiger partial charge on any atom is 0.319 e. The zero-order valence-corrected chi connectivity index (χ0v) is 8.36. The molecule has 0 atom stereocenters. The molecule has 3 N–H and O–H groups in total. The highest BCUT2D eigenvalue weighted by Gasteiger charge is 2.19. The summed E-state index contributed by atoms with van der Waals surface area (Å²) in [5.41, 5.74) is 0.685. The quantitative estimate of drug-likeness (QED) is 0.649. The third kappa shape index (κ3) is 2.62. The van der Waals surface area contributed by atoms with Gasteiger partial charge in [-0.2, -0.15) is 0 Å². The van der Waals surface area contributed by atoms with Crippen LogP contribution in [0.5, 0.6) is 5.75 Å². The van der Waals surface area contributed by atoms with Gasteiger partial charge in [0.05, 0.1) is 0 Å². The summed E-state index contributed by atoms with van der Waals surface area (Å²) in [5, 5.41) is 14.6. The van der Waals surface area contributed by atoms with E-state index in [1.165, 1.54) is 6.42 Å². The second-order valence-corrected chi connectivity index (χ2v) is 3.77. The van der Waals surface area contributed by atoms with E-state index in [1.54, 1.807) is 24.3 Å². The molecule has 1 aromatic rings. The van der Waals surface area contributed by atoms with Crippen molar-refractivity contribution in [1.82, 2.24) is 5.32 Å². The number of rotatable bonds is 2. The van der Waals surface area contributed by atoms with Crippen LogP contribution in [0.3, 0.4) is 0 Å². The van der Waals surface area contributed by atoms with Crippen molar-refractivity contribution in [3.05, 3.63) is 24.3 Å². The first-order chi connectivity index (χ1) is 7.24. The Kier molecular flexibility index (Phi) is 2.76. The molecule has 0 spiro atoms. The number of hydrogen-bond acceptors (Lipinski definition) is 2. The Balaban J connectivity index is 1.84. The van der Waals surface area contributed by atoms with Gasteiger partial charge in [0.1, 0.15) is 5.75 Å². The van der Waals surface area contributed by atoms with E-state index in [-0.39, 0.29) is 11.8 Å². The average molecular weight is 206 g/mol. The van der Waals surface area contributed by atoms with Gasteiger partial charge in [0, 0.05) is 11.7 Å². The SMILES string of the molecule is O=C(Nc1ccc(O)cc1)NC1CCC1. The van der Waals surface area contributed by atoms with Gasteiger partial charge in [-0.05, 0) is 43.5 Å². The van der Waals surface area contributed by atoms with Crippen molar-refractivity contribution in [2.45, 2.75) is 25.3 Å². The summed E-state index contributed by atoms with van der Waals surface area (Å²) in [7, 11) is 0. The molecular weight excluding hydrogens is 192 g/mol. The molecule has 1 saturated carbocycles. The normalized spacial score (nSPS) is 15.5. The highest BCUT2D eigenvalue weighted by molar-refractivity contribution is 5.89. The van der Waals surface area contributed by atoms with E-state index in [2.05, 4.69) is 10.6 Å². The lowest BCUT2D eigenvalue weighted by Crippen LogP contribution is -2.41. The molecule has 1 fully saturated rings. The van der Waals surface area contributed by atoms with Gasteiger partial charge in [-0.1, -0.05) is 0 Å². The highest BCUT2D eigenvalue weighted by atomic mass is 16.3. The van der Waals surface area contributed by atoms with E-state index in [4.69, 9.17) is 5.11 Å². The molecule has 1 aliphatic carbocycles. The van der Waals surface area contributed by atoms with Crippen LogP contribution in [0.1, 0.15) is 19.3 Å². The minimum atomic E-state index is -0.176. The van der Waals surface area contributed by atoms with Crippen LogP contribution in [0.2, 0.25) is 0 Å². The van der Waals surface area contributed by atoms with Crippen molar-refractivity contribution in [3.8, 4) is 5.75 Å². The molecule has 80 valence electrons. The highest BCUT2D eigenvalue weighted by Crippen LogP contribution is 2.18. The molecule has 2 amide bonds. The first-order valence-corrected chi connectivity index (χ1v) is 5.10. The molecule has 0 aliphatic heterocycles. The van der Waals surface area contributed by atoms with Crippen molar-refractivity contribution in [3.63, 3.8) is 0 Å². The van der Waals surface area contributed by atoms with Crippen molar-refractivity contribution in [1.29, 1.82) is 0 Å². The van der Waals surface area contributed by atoms with E-state index in [0.29, 0.717) is 11.7 Å². The number of benzene rings is 1. The second-order valence-electron chi connectivity index (χ2n) is 3.77. The second kappa shape index (κ2) is 4.21. The number of anilines is 1. The van der Waals surface area contributed by atoms with Crippen LogP contribution in [-0.4, -0.2) is 17.2 Å². The van der Waals surface area contributed by atoms with Crippen molar-refractivity contribution < 1.29 is 9.90 Å². The Hall–Kier alpha value is -1.71. The standard InChI is InChI=1S/C11H14N2O2/c14-10-6-4-9(5-7-10)13-11(15)12-8-2-1-3-8/h4-8,14H,1-3H2,(H2,12,13,15). The van der Waals surface area contributed by atoms with E-state index in [9.17, 15) is 4.79 Å². The van der Waals surface area contributed by atoms with Crippen LogP contribution >= 0.6 is 0 Å². The van der Waals surface area contributed by atoms with Gasteiger partial charge in [0.2, 0.25) is 0 Å². The molecule has 0 radical (unpaired) electrons. The predicted octanol–water partition coefficient (Wildman–Crippen LogP) is 2.07. The Morgan fingerprint density at radius 1 is 1.27 bits per heavy atom. The van der Waals surface area contributed by atoms with Crippen molar-refractivity contribution in [2.75, 3.05) is 5.32 Å².